The first-order valence-corrected chi connectivity index (χ1v) is 7.70. The average Bonchev–Trinajstić information content (AvgIpc) is 2.91. The normalized spacial score (nSPS) is 24.2. The summed E-state index contributed by atoms with van der Waals surface area (Å²) in [6.45, 7) is 0.151. The van der Waals surface area contributed by atoms with Crippen molar-refractivity contribution in [2.45, 2.75) is 30.7 Å². The number of aromatic amines is 1. The summed E-state index contributed by atoms with van der Waals surface area (Å²) in [7, 11) is -3.63. The molecule has 0 bridgehead atoms. The number of aliphatic carboxylic acids is 1. The van der Waals surface area contributed by atoms with Gasteiger partial charge in [-0.05, 0) is 18.8 Å². The lowest BCUT2D eigenvalue weighted by Gasteiger charge is -2.28. The minimum atomic E-state index is -3.63. The van der Waals surface area contributed by atoms with E-state index < -0.39 is 21.9 Å². The van der Waals surface area contributed by atoms with Crippen molar-refractivity contribution in [2.75, 3.05) is 6.54 Å². The molecule has 3 N–H and O–H groups in total. The van der Waals surface area contributed by atoms with Crippen LogP contribution in [0.3, 0.4) is 0 Å². The Hall–Kier alpha value is -1.41. The molecule has 7 nitrogen and oxygen atoms in total. The molecule has 2 unspecified atom stereocenters. The van der Waals surface area contributed by atoms with E-state index >= 15 is 0 Å². The molecule has 19 heavy (non-hydrogen) atoms. The fourth-order valence-electron chi connectivity index (χ4n) is 2.46. The van der Waals surface area contributed by atoms with Gasteiger partial charge in [-0.2, -0.15) is 0 Å². The van der Waals surface area contributed by atoms with Crippen LogP contribution in [0.4, 0.5) is 0 Å². The molecule has 1 aromatic heterocycles. The summed E-state index contributed by atoms with van der Waals surface area (Å²) in [6, 6.07) is 0. The molecule has 0 radical (unpaired) electrons. The second kappa shape index (κ2) is 5.70. The fourth-order valence-corrected chi connectivity index (χ4v) is 3.46. The van der Waals surface area contributed by atoms with E-state index in [9.17, 15) is 13.2 Å². The second-order valence-corrected chi connectivity index (χ2v) is 6.49. The first-order valence-electron chi connectivity index (χ1n) is 6.21. The molecule has 1 aliphatic rings. The first kappa shape index (κ1) is 14.0. The minimum Gasteiger partial charge on any atom is -0.481 e. The van der Waals surface area contributed by atoms with Crippen LogP contribution in [0.5, 0.6) is 0 Å². The number of imidazole rings is 1. The molecule has 2 rings (SSSR count). The maximum absolute atomic E-state index is 11.9. The van der Waals surface area contributed by atoms with Gasteiger partial charge in [-0.1, -0.05) is 12.8 Å². The van der Waals surface area contributed by atoms with Gasteiger partial charge in [0.2, 0.25) is 0 Å². The largest absolute Gasteiger partial charge is 0.481 e. The number of nitrogens with one attached hydrogen (secondary N) is 2. The summed E-state index contributed by atoms with van der Waals surface area (Å²) in [4.78, 5) is 17.3. The zero-order valence-corrected chi connectivity index (χ0v) is 11.2. The predicted molar refractivity (Wildman–Crippen MR) is 66.9 cm³/mol. The molecule has 0 aromatic carbocycles. The van der Waals surface area contributed by atoms with Crippen LogP contribution < -0.4 is 4.72 Å². The van der Waals surface area contributed by atoms with Crippen LogP contribution in [-0.2, 0) is 14.8 Å². The Balaban J connectivity index is 1.99. The molecule has 0 spiro atoms. The molecule has 0 aliphatic heterocycles. The van der Waals surface area contributed by atoms with Gasteiger partial charge < -0.3 is 10.1 Å². The maximum atomic E-state index is 11.9. The van der Waals surface area contributed by atoms with Gasteiger partial charge in [-0.25, -0.2) is 18.1 Å². The molecule has 0 saturated heterocycles. The van der Waals surface area contributed by atoms with Gasteiger partial charge in [0.15, 0.2) is 5.03 Å². The Kier molecular flexibility index (Phi) is 4.20. The van der Waals surface area contributed by atoms with E-state index in [1.807, 2.05) is 0 Å². The highest BCUT2D eigenvalue weighted by Gasteiger charge is 2.31. The maximum Gasteiger partial charge on any atom is 0.306 e. The third kappa shape index (κ3) is 3.32. The summed E-state index contributed by atoms with van der Waals surface area (Å²) in [5.41, 5.74) is 0. The van der Waals surface area contributed by atoms with Crippen molar-refractivity contribution in [3.63, 3.8) is 0 Å². The number of nitrogens with zero attached hydrogens (tertiary/aromatic N) is 1. The van der Waals surface area contributed by atoms with E-state index in [-0.39, 0.29) is 17.5 Å². The van der Waals surface area contributed by atoms with Gasteiger partial charge in [-0.15, -0.1) is 0 Å². The molecule has 1 heterocycles. The van der Waals surface area contributed by atoms with Crippen molar-refractivity contribution in [1.29, 1.82) is 0 Å². The van der Waals surface area contributed by atoms with E-state index in [4.69, 9.17) is 5.11 Å². The summed E-state index contributed by atoms with van der Waals surface area (Å²) in [6.07, 6.45) is 5.70. The number of sulfonamides is 1. The molecular formula is C11H17N3O4S. The van der Waals surface area contributed by atoms with Crippen molar-refractivity contribution in [1.82, 2.24) is 14.7 Å². The standard InChI is InChI=1S/C11H17N3O4S/c15-11(16)9-4-2-1-3-8(9)5-14-19(17,18)10-6-12-7-13-10/h6-9,14H,1-5H2,(H,12,13)(H,15,16). The number of carboxylic acids is 1. The Labute approximate surface area is 111 Å². The van der Waals surface area contributed by atoms with Crippen LogP contribution in [0, 0.1) is 11.8 Å². The minimum absolute atomic E-state index is 0.00446. The SMILES string of the molecule is O=C(O)C1CCCCC1CNS(=O)(=O)c1cnc[nH]1. The molecule has 0 amide bonds. The summed E-state index contributed by atoms with van der Waals surface area (Å²) >= 11 is 0. The molecular weight excluding hydrogens is 270 g/mol. The number of rotatable bonds is 5. The van der Waals surface area contributed by atoms with Crippen molar-refractivity contribution in [3.05, 3.63) is 12.5 Å². The number of hydrogen-bond donors (Lipinski definition) is 3. The molecule has 2 atom stereocenters. The summed E-state index contributed by atoms with van der Waals surface area (Å²) in [5.74, 6) is -1.45. The van der Waals surface area contributed by atoms with Gasteiger partial charge in [0.1, 0.15) is 0 Å². The highest BCUT2D eigenvalue weighted by atomic mass is 32.2. The van der Waals surface area contributed by atoms with Gasteiger partial charge in [0.25, 0.3) is 10.0 Å². The Morgan fingerprint density at radius 1 is 1.47 bits per heavy atom. The van der Waals surface area contributed by atoms with Gasteiger partial charge in [0, 0.05) is 6.54 Å². The van der Waals surface area contributed by atoms with Crippen molar-refractivity contribution in [3.8, 4) is 0 Å². The first-order chi connectivity index (χ1) is 9.00. The van der Waals surface area contributed by atoms with E-state index in [1.165, 1.54) is 12.5 Å². The molecule has 1 aliphatic carbocycles. The zero-order valence-electron chi connectivity index (χ0n) is 10.4. The summed E-state index contributed by atoms with van der Waals surface area (Å²) in [5, 5.41) is 9.12. The van der Waals surface area contributed by atoms with Crippen LogP contribution in [0.25, 0.3) is 0 Å². The second-order valence-electron chi connectivity index (χ2n) is 4.76. The van der Waals surface area contributed by atoms with Crippen molar-refractivity contribution < 1.29 is 18.3 Å². The van der Waals surface area contributed by atoms with Gasteiger partial charge in [0.05, 0.1) is 18.4 Å². The third-order valence-electron chi connectivity index (χ3n) is 3.52. The van der Waals surface area contributed by atoms with Crippen LogP contribution in [0.1, 0.15) is 25.7 Å². The van der Waals surface area contributed by atoms with Crippen LogP contribution in [0.2, 0.25) is 0 Å². The molecule has 1 fully saturated rings. The highest BCUT2D eigenvalue weighted by Crippen LogP contribution is 2.30. The lowest BCUT2D eigenvalue weighted by Crippen LogP contribution is -2.37. The van der Waals surface area contributed by atoms with E-state index in [0.29, 0.717) is 6.42 Å². The molecule has 8 heteroatoms. The van der Waals surface area contributed by atoms with Crippen LogP contribution in [-0.4, -0.2) is 36.0 Å². The topological polar surface area (TPSA) is 112 Å². The van der Waals surface area contributed by atoms with Gasteiger partial charge in [-0.3, -0.25) is 4.79 Å². The molecule has 1 saturated carbocycles. The number of hydrogen-bond acceptors (Lipinski definition) is 4. The summed E-state index contributed by atoms with van der Waals surface area (Å²) < 4.78 is 26.2. The zero-order chi connectivity index (χ0) is 13.9. The Morgan fingerprint density at radius 3 is 2.84 bits per heavy atom. The fraction of sp³-hybridized carbons (Fsp3) is 0.636. The molecule has 106 valence electrons. The number of carbonyl (C=O) groups is 1. The van der Waals surface area contributed by atoms with E-state index in [0.717, 1.165) is 19.3 Å². The van der Waals surface area contributed by atoms with Crippen LogP contribution in [0.15, 0.2) is 17.6 Å². The average molecular weight is 287 g/mol. The van der Waals surface area contributed by atoms with E-state index in [1.54, 1.807) is 0 Å². The number of H-pyrrole nitrogens is 1. The lowest BCUT2D eigenvalue weighted by molar-refractivity contribution is -0.144. The van der Waals surface area contributed by atoms with Crippen molar-refractivity contribution in [2.24, 2.45) is 11.8 Å². The predicted octanol–water partition coefficient (Wildman–Crippen LogP) is 0.579. The van der Waals surface area contributed by atoms with Crippen LogP contribution >= 0.6 is 0 Å². The Bertz CT molecular complexity index is 526. The van der Waals surface area contributed by atoms with E-state index in [2.05, 4.69) is 14.7 Å². The molecule has 1 aromatic rings. The quantitative estimate of drug-likeness (QED) is 0.733. The van der Waals surface area contributed by atoms with Gasteiger partial charge >= 0.3 is 5.97 Å². The number of aromatic nitrogens is 2. The number of carboxylic acid groups (broad SMARTS) is 1. The monoisotopic (exact) mass is 287 g/mol. The Morgan fingerprint density at radius 2 is 2.21 bits per heavy atom. The highest BCUT2D eigenvalue weighted by molar-refractivity contribution is 7.89. The smallest absolute Gasteiger partial charge is 0.306 e. The van der Waals surface area contributed by atoms with Crippen molar-refractivity contribution >= 4 is 16.0 Å². The third-order valence-corrected chi connectivity index (χ3v) is 4.87. The lowest BCUT2D eigenvalue weighted by atomic mass is 9.79.